The Labute approximate surface area is 160 Å². The van der Waals surface area contributed by atoms with E-state index in [0.29, 0.717) is 17.5 Å². The zero-order valence-corrected chi connectivity index (χ0v) is 16.1. The third kappa shape index (κ3) is 3.61. The van der Waals surface area contributed by atoms with Gasteiger partial charge in [-0.05, 0) is 49.2 Å². The normalized spacial score (nSPS) is 11.1. The van der Waals surface area contributed by atoms with Gasteiger partial charge >= 0.3 is 0 Å². The summed E-state index contributed by atoms with van der Waals surface area (Å²) in [6, 6.07) is 10.2. The minimum atomic E-state index is 0.528. The van der Waals surface area contributed by atoms with Gasteiger partial charge in [-0.1, -0.05) is 17.8 Å². The van der Waals surface area contributed by atoms with Gasteiger partial charge in [0, 0.05) is 24.9 Å². The van der Waals surface area contributed by atoms with Crippen molar-refractivity contribution in [3.05, 3.63) is 65.6 Å². The van der Waals surface area contributed by atoms with Gasteiger partial charge in [-0.25, -0.2) is 0 Å². The Morgan fingerprint density at radius 3 is 2.44 bits per heavy atom. The second-order valence-corrected chi connectivity index (χ2v) is 7.09. The molecule has 0 aliphatic rings. The maximum absolute atomic E-state index is 5.47. The smallest absolute Gasteiger partial charge is 0.226 e. The minimum Gasteiger partial charge on any atom is -0.425 e. The lowest BCUT2D eigenvalue weighted by Gasteiger charge is -2.11. The molecule has 0 spiro atoms. The van der Waals surface area contributed by atoms with E-state index in [1.54, 1.807) is 19.3 Å². The number of pyridine rings is 1. The second kappa shape index (κ2) is 7.32. The van der Waals surface area contributed by atoms with Crippen LogP contribution in [-0.2, 0) is 5.75 Å². The maximum atomic E-state index is 5.47. The fourth-order valence-electron chi connectivity index (χ4n) is 2.67. The molecule has 0 N–H and O–H groups in total. The van der Waals surface area contributed by atoms with Crippen LogP contribution in [0.3, 0.4) is 0 Å². The van der Waals surface area contributed by atoms with Crippen molar-refractivity contribution in [2.24, 2.45) is 0 Å². The third-order valence-electron chi connectivity index (χ3n) is 4.21. The first-order chi connectivity index (χ1) is 13.1. The van der Waals surface area contributed by atoms with Crippen LogP contribution in [0, 0.1) is 20.8 Å². The lowest BCUT2D eigenvalue weighted by atomic mass is 10.1. The van der Waals surface area contributed by atoms with Gasteiger partial charge in [-0.15, -0.1) is 20.4 Å². The molecule has 8 heteroatoms. The highest BCUT2D eigenvalue weighted by molar-refractivity contribution is 7.98. The molecule has 0 saturated carbocycles. The van der Waals surface area contributed by atoms with Crippen molar-refractivity contribution in [1.82, 2.24) is 29.9 Å². The van der Waals surface area contributed by atoms with E-state index in [9.17, 15) is 0 Å². The molecule has 0 atom stereocenters. The highest BCUT2D eigenvalue weighted by Crippen LogP contribution is 2.30. The maximum Gasteiger partial charge on any atom is 0.226 e. The standard InChI is InChI=1S/C19H18N6OS/c1-12-4-5-16(10-13(12)2)25-18(15-6-8-20-9-7-15)23-24-19(25)27-11-17-22-21-14(3)26-17/h4-10H,11H2,1-3H3. The average Bonchev–Trinajstić information content (AvgIpc) is 3.29. The topological polar surface area (TPSA) is 82.5 Å². The molecule has 0 aliphatic heterocycles. The quantitative estimate of drug-likeness (QED) is 0.487. The van der Waals surface area contributed by atoms with Crippen LogP contribution in [0.1, 0.15) is 22.9 Å². The molecule has 0 saturated heterocycles. The van der Waals surface area contributed by atoms with E-state index >= 15 is 0 Å². The summed E-state index contributed by atoms with van der Waals surface area (Å²) in [5, 5.41) is 17.5. The lowest BCUT2D eigenvalue weighted by molar-refractivity contribution is 0.485. The van der Waals surface area contributed by atoms with Gasteiger partial charge in [0.1, 0.15) is 0 Å². The van der Waals surface area contributed by atoms with Gasteiger partial charge < -0.3 is 4.42 Å². The molecule has 0 radical (unpaired) electrons. The van der Waals surface area contributed by atoms with Gasteiger partial charge in [0.2, 0.25) is 11.8 Å². The van der Waals surface area contributed by atoms with Gasteiger partial charge in [-0.2, -0.15) is 0 Å². The highest BCUT2D eigenvalue weighted by Gasteiger charge is 2.17. The van der Waals surface area contributed by atoms with E-state index in [0.717, 1.165) is 22.2 Å². The van der Waals surface area contributed by atoms with Crippen LogP contribution in [0.15, 0.2) is 52.3 Å². The van der Waals surface area contributed by atoms with Crippen LogP contribution < -0.4 is 0 Å². The summed E-state index contributed by atoms with van der Waals surface area (Å²) in [6.07, 6.45) is 3.51. The third-order valence-corrected chi connectivity index (χ3v) is 5.13. The van der Waals surface area contributed by atoms with Gasteiger partial charge in [0.05, 0.1) is 11.4 Å². The molecule has 0 bridgehead atoms. The number of benzene rings is 1. The Bertz CT molecular complexity index is 1070. The minimum absolute atomic E-state index is 0.528. The number of aromatic nitrogens is 6. The summed E-state index contributed by atoms with van der Waals surface area (Å²) in [6.45, 7) is 5.98. The number of nitrogens with zero attached hydrogens (tertiary/aromatic N) is 6. The molecule has 0 unspecified atom stereocenters. The van der Waals surface area contributed by atoms with E-state index in [-0.39, 0.29) is 0 Å². The van der Waals surface area contributed by atoms with Crippen LogP contribution in [0.2, 0.25) is 0 Å². The molecule has 0 aliphatic carbocycles. The summed E-state index contributed by atoms with van der Waals surface area (Å²) in [7, 11) is 0. The van der Waals surface area contributed by atoms with Crippen LogP contribution in [0.5, 0.6) is 0 Å². The van der Waals surface area contributed by atoms with E-state index in [1.165, 1.54) is 22.9 Å². The number of rotatable bonds is 5. The fourth-order valence-corrected chi connectivity index (χ4v) is 3.46. The summed E-state index contributed by atoms with van der Waals surface area (Å²) in [4.78, 5) is 4.09. The van der Waals surface area contributed by atoms with E-state index in [1.807, 2.05) is 12.1 Å². The number of aryl methyl sites for hydroxylation is 3. The fraction of sp³-hybridized carbons (Fsp3) is 0.211. The molecule has 0 fully saturated rings. The van der Waals surface area contributed by atoms with Crippen molar-refractivity contribution < 1.29 is 4.42 Å². The zero-order chi connectivity index (χ0) is 18.8. The van der Waals surface area contributed by atoms with Crippen molar-refractivity contribution >= 4 is 11.8 Å². The summed E-state index contributed by atoms with van der Waals surface area (Å²) in [5.74, 6) is 2.42. The van der Waals surface area contributed by atoms with Crippen LogP contribution in [0.4, 0.5) is 0 Å². The number of hydrogen-bond acceptors (Lipinski definition) is 7. The van der Waals surface area contributed by atoms with Crippen molar-refractivity contribution in [3.63, 3.8) is 0 Å². The number of thioether (sulfide) groups is 1. The molecule has 27 heavy (non-hydrogen) atoms. The molecule has 3 heterocycles. The monoisotopic (exact) mass is 378 g/mol. The molecule has 7 nitrogen and oxygen atoms in total. The molecule has 4 rings (SSSR count). The van der Waals surface area contributed by atoms with Crippen molar-refractivity contribution in [2.45, 2.75) is 31.7 Å². The first kappa shape index (κ1) is 17.4. The molecule has 4 aromatic rings. The molecular formula is C19H18N6OS. The Hall–Kier alpha value is -3.00. The SMILES string of the molecule is Cc1nnc(CSc2nnc(-c3ccncc3)n2-c2ccc(C)c(C)c2)o1. The van der Waals surface area contributed by atoms with Crippen molar-refractivity contribution in [1.29, 1.82) is 0 Å². The van der Waals surface area contributed by atoms with Gasteiger partial charge in [0.25, 0.3) is 0 Å². The zero-order valence-electron chi connectivity index (χ0n) is 15.2. The first-order valence-corrected chi connectivity index (χ1v) is 9.45. The first-order valence-electron chi connectivity index (χ1n) is 8.47. The Morgan fingerprint density at radius 2 is 1.74 bits per heavy atom. The summed E-state index contributed by atoms with van der Waals surface area (Å²) >= 11 is 1.51. The summed E-state index contributed by atoms with van der Waals surface area (Å²) < 4.78 is 7.52. The predicted molar refractivity (Wildman–Crippen MR) is 103 cm³/mol. The Kier molecular flexibility index (Phi) is 4.72. The van der Waals surface area contributed by atoms with Gasteiger partial charge in [-0.3, -0.25) is 9.55 Å². The van der Waals surface area contributed by atoms with E-state index in [2.05, 4.69) is 62.0 Å². The van der Waals surface area contributed by atoms with Crippen molar-refractivity contribution in [3.8, 4) is 17.1 Å². The van der Waals surface area contributed by atoms with Crippen LogP contribution >= 0.6 is 11.8 Å². The second-order valence-electron chi connectivity index (χ2n) is 6.15. The lowest BCUT2D eigenvalue weighted by Crippen LogP contribution is -2.01. The molecule has 3 aromatic heterocycles. The Morgan fingerprint density at radius 1 is 0.926 bits per heavy atom. The average molecular weight is 378 g/mol. The molecule has 0 amide bonds. The van der Waals surface area contributed by atoms with E-state index in [4.69, 9.17) is 4.42 Å². The van der Waals surface area contributed by atoms with E-state index < -0.39 is 0 Å². The highest BCUT2D eigenvalue weighted by atomic mass is 32.2. The van der Waals surface area contributed by atoms with Crippen LogP contribution in [-0.4, -0.2) is 29.9 Å². The molecule has 136 valence electrons. The van der Waals surface area contributed by atoms with Crippen molar-refractivity contribution in [2.75, 3.05) is 0 Å². The molecular weight excluding hydrogens is 360 g/mol. The molecule has 1 aromatic carbocycles. The van der Waals surface area contributed by atoms with Gasteiger partial charge in [0.15, 0.2) is 11.0 Å². The predicted octanol–water partition coefficient (Wildman–Crippen LogP) is 3.93. The van der Waals surface area contributed by atoms with Crippen LogP contribution in [0.25, 0.3) is 17.1 Å². The number of hydrogen-bond donors (Lipinski definition) is 0. The Balaban J connectivity index is 1.76. The largest absolute Gasteiger partial charge is 0.425 e. The summed E-state index contributed by atoms with van der Waals surface area (Å²) in [5.41, 5.74) is 4.42.